The number of rotatable bonds is 7. The molecule has 0 radical (unpaired) electrons. The van der Waals surface area contributed by atoms with Crippen molar-refractivity contribution in [2.45, 2.75) is 33.6 Å². The molecule has 0 bridgehead atoms. The summed E-state index contributed by atoms with van der Waals surface area (Å²) in [6, 6.07) is 4.59. The van der Waals surface area contributed by atoms with Gasteiger partial charge in [0.05, 0.1) is 0 Å². The summed E-state index contributed by atoms with van der Waals surface area (Å²) in [6.45, 7) is 10.1. The summed E-state index contributed by atoms with van der Waals surface area (Å²) in [5.74, 6) is 0. The average molecular weight is 248 g/mol. The highest BCUT2D eigenvalue weighted by Gasteiger charge is 2.05. The Morgan fingerprint density at radius 1 is 1.06 bits per heavy atom. The second-order valence-electron chi connectivity index (χ2n) is 5.39. The van der Waals surface area contributed by atoms with E-state index in [1.165, 1.54) is 35.2 Å². The third-order valence-electron chi connectivity index (χ3n) is 3.55. The zero-order valence-electron chi connectivity index (χ0n) is 12.6. The monoisotopic (exact) mass is 248 g/mol. The molecule has 0 unspecified atom stereocenters. The summed E-state index contributed by atoms with van der Waals surface area (Å²) in [4.78, 5) is 2.43. The van der Waals surface area contributed by atoms with E-state index in [1.54, 1.807) is 0 Å². The first kappa shape index (κ1) is 15.2. The minimum Gasteiger partial charge on any atom is -0.320 e. The van der Waals surface area contributed by atoms with Gasteiger partial charge in [-0.05, 0) is 77.5 Å². The van der Waals surface area contributed by atoms with Crippen molar-refractivity contribution in [3.05, 3.63) is 34.4 Å². The van der Waals surface area contributed by atoms with Crippen LogP contribution in [-0.2, 0) is 6.42 Å². The van der Waals surface area contributed by atoms with Gasteiger partial charge in [-0.25, -0.2) is 0 Å². The van der Waals surface area contributed by atoms with Crippen LogP contribution >= 0.6 is 0 Å². The first-order valence-corrected chi connectivity index (χ1v) is 6.94. The minimum atomic E-state index is 1.10. The van der Waals surface area contributed by atoms with Crippen molar-refractivity contribution >= 4 is 0 Å². The lowest BCUT2D eigenvalue weighted by Crippen LogP contribution is -2.25. The molecule has 1 rings (SSSR count). The molecule has 0 spiro atoms. The fourth-order valence-electron chi connectivity index (χ4n) is 2.54. The molecule has 2 heteroatoms. The first-order chi connectivity index (χ1) is 8.54. The van der Waals surface area contributed by atoms with E-state index >= 15 is 0 Å². The maximum atomic E-state index is 3.19. The number of benzene rings is 1. The summed E-state index contributed by atoms with van der Waals surface area (Å²) < 4.78 is 0. The van der Waals surface area contributed by atoms with Crippen LogP contribution in [0.3, 0.4) is 0 Å². The largest absolute Gasteiger partial charge is 0.320 e. The Hall–Kier alpha value is -0.860. The third-order valence-corrected chi connectivity index (χ3v) is 3.55. The van der Waals surface area contributed by atoms with Gasteiger partial charge >= 0.3 is 0 Å². The van der Waals surface area contributed by atoms with Gasteiger partial charge in [0, 0.05) is 6.54 Å². The number of aryl methyl sites for hydroxylation is 3. The molecular weight excluding hydrogens is 220 g/mol. The molecule has 102 valence electrons. The molecule has 1 aromatic carbocycles. The fraction of sp³-hybridized carbons (Fsp3) is 0.625. The van der Waals surface area contributed by atoms with Crippen LogP contribution in [0.1, 0.15) is 28.7 Å². The van der Waals surface area contributed by atoms with Crippen molar-refractivity contribution in [3.8, 4) is 0 Å². The average Bonchev–Trinajstić information content (AvgIpc) is 2.27. The molecule has 0 saturated carbocycles. The fourth-order valence-corrected chi connectivity index (χ4v) is 2.54. The second kappa shape index (κ2) is 7.55. The van der Waals surface area contributed by atoms with Crippen LogP contribution in [0.25, 0.3) is 0 Å². The molecule has 18 heavy (non-hydrogen) atoms. The van der Waals surface area contributed by atoms with Crippen molar-refractivity contribution in [2.24, 2.45) is 0 Å². The number of hydrogen-bond acceptors (Lipinski definition) is 2. The minimum absolute atomic E-state index is 1.10. The lowest BCUT2D eigenvalue weighted by atomic mass is 9.97. The van der Waals surface area contributed by atoms with Gasteiger partial charge < -0.3 is 10.2 Å². The molecule has 0 atom stereocenters. The van der Waals surface area contributed by atoms with Crippen LogP contribution in [0.5, 0.6) is 0 Å². The molecule has 0 aliphatic heterocycles. The topological polar surface area (TPSA) is 15.3 Å². The van der Waals surface area contributed by atoms with Gasteiger partial charge in [-0.1, -0.05) is 17.7 Å². The van der Waals surface area contributed by atoms with E-state index in [-0.39, 0.29) is 0 Å². The van der Waals surface area contributed by atoms with Crippen molar-refractivity contribution in [2.75, 3.05) is 33.7 Å². The summed E-state index contributed by atoms with van der Waals surface area (Å²) in [5, 5.41) is 3.19. The predicted molar refractivity (Wildman–Crippen MR) is 80.4 cm³/mol. The number of nitrogens with one attached hydrogen (secondary N) is 1. The van der Waals surface area contributed by atoms with E-state index < -0.39 is 0 Å². The van der Waals surface area contributed by atoms with Gasteiger partial charge in [0.15, 0.2) is 0 Å². The first-order valence-electron chi connectivity index (χ1n) is 6.94. The van der Waals surface area contributed by atoms with Crippen molar-refractivity contribution < 1.29 is 0 Å². The second-order valence-corrected chi connectivity index (χ2v) is 5.39. The van der Waals surface area contributed by atoms with Gasteiger partial charge in [0.2, 0.25) is 0 Å². The van der Waals surface area contributed by atoms with Crippen molar-refractivity contribution in [3.63, 3.8) is 0 Å². The lowest BCUT2D eigenvalue weighted by Gasteiger charge is -2.18. The smallest absolute Gasteiger partial charge is 0.00190 e. The highest BCUT2D eigenvalue weighted by molar-refractivity contribution is 5.37. The van der Waals surface area contributed by atoms with Crippen LogP contribution in [0.4, 0.5) is 0 Å². The van der Waals surface area contributed by atoms with Crippen molar-refractivity contribution in [1.29, 1.82) is 0 Å². The van der Waals surface area contributed by atoms with Crippen LogP contribution in [0, 0.1) is 20.8 Å². The SMILES string of the molecule is CNCCCN(C)CCc1c(C)cc(C)cc1C. The summed E-state index contributed by atoms with van der Waals surface area (Å²) in [7, 11) is 4.23. The molecule has 0 saturated heterocycles. The normalized spacial score (nSPS) is 11.2. The van der Waals surface area contributed by atoms with Crippen LogP contribution in [0.15, 0.2) is 12.1 Å². The molecule has 0 aliphatic rings. The zero-order chi connectivity index (χ0) is 13.5. The Morgan fingerprint density at radius 3 is 2.22 bits per heavy atom. The van der Waals surface area contributed by atoms with Gasteiger partial charge in [-0.15, -0.1) is 0 Å². The maximum absolute atomic E-state index is 3.19. The highest BCUT2D eigenvalue weighted by atomic mass is 15.1. The standard InChI is InChI=1S/C16H28N2/c1-13-11-14(2)16(15(3)12-13)7-10-18(5)9-6-8-17-4/h11-12,17H,6-10H2,1-5H3. The predicted octanol–water partition coefficient (Wildman–Crippen LogP) is 2.70. The maximum Gasteiger partial charge on any atom is 0.00190 e. The van der Waals surface area contributed by atoms with Gasteiger partial charge in [-0.3, -0.25) is 0 Å². The number of likely N-dealkylation sites (N-methyl/N-ethyl adjacent to an activating group) is 1. The van der Waals surface area contributed by atoms with Crippen LogP contribution < -0.4 is 5.32 Å². The van der Waals surface area contributed by atoms with E-state index in [9.17, 15) is 0 Å². The molecule has 2 nitrogen and oxygen atoms in total. The van der Waals surface area contributed by atoms with Crippen LogP contribution in [-0.4, -0.2) is 38.6 Å². The Labute approximate surface area is 112 Å². The molecule has 1 aromatic rings. The Kier molecular flexibility index (Phi) is 6.37. The zero-order valence-corrected chi connectivity index (χ0v) is 12.6. The molecule has 0 aliphatic carbocycles. The molecule has 1 N–H and O–H groups in total. The molecule has 0 fully saturated rings. The summed E-state index contributed by atoms with van der Waals surface area (Å²) in [6.07, 6.45) is 2.38. The van der Waals surface area contributed by atoms with Gasteiger partial charge in [0.25, 0.3) is 0 Å². The van der Waals surface area contributed by atoms with E-state index in [4.69, 9.17) is 0 Å². The molecule has 0 amide bonds. The van der Waals surface area contributed by atoms with E-state index in [0.717, 1.165) is 19.5 Å². The third kappa shape index (κ3) is 4.79. The highest BCUT2D eigenvalue weighted by Crippen LogP contribution is 2.17. The van der Waals surface area contributed by atoms with E-state index in [2.05, 4.69) is 50.2 Å². The molecule has 0 aromatic heterocycles. The van der Waals surface area contributed by atoms with E-state index in [1.807, 2.05) is 7.05 Å². The number of hydrogen-bond donors (Lipinski definition) is 1. The molecule has 0 heterocycles. The number of nitrogens with zero attached hydrogens (tertiary/aromatic N) is 1. The van der Waals surface area contributed by atoms with Gasteiger partial charge in [-0.2, -0.15) is 0 Å². The Bertz CT molecular complexity index is 348. The lowest BCUT2D eigenvalue weighted by molar-refractivity contribution is 0.332. The van der Waals surface area contributed by atoms with E-state index in [0.29, 0.717) is 0 Å². The van der Waals surface area contributed by atoms with Crippen molar-refractivity contribution in [1.82, 2.24) is 10.2 Å². The Morgan fingerprint density at radius 2 is 1.67 bits per heavy atom. The van der Waals surface area contributed by atoms with Crippen LogP contribution in [0.2, 0.25) is 0 Å². The van der Waals surface area contributed by atoms with Gasteiger partial charge in [0.1, 0.15) is 0 Å². The quantitative estimate of drug-likeness (QED) is 0.746. The molecular formula is C16H28N2. The summed E-state index contributed by atoms with van der Waals surface area (Å²) in [5.41, 5.74) is 5.78. The Balaban J connectivity index is 2.48. The summed E-state index contributed by atoms with van der Waals surface area (Å²) >= 11 is 0.